The van der Waals surface area contributed by atoms with Crippen LogP contribution < -0.4 is 4.74 Å². The van der Waals surface area contributed by atoms with Gasteiger partial charge in [-0.05, 0) is 30.2 Å². The first-order chi connectivity index (χ1) is 7.13. The normalized spacial score (nSPS) is 10.4. The molecule has 1 rings (SSSR count). The molecular formula is C12H16O3. The Morgan fingerprint density at radius 3 is 2.40 bits per heavy atom. The summed E-state index contributed by atoms with van der Waals surface area (Å²) in [4.78, 5) is 11.1. The van der Waals surface area contributed by atoms with Gasteiger partial charge in [0.05, 0.1) is 6.61 Å². The van der Waals surface area contributed by atoms with Crippen molar-refractivity contribution in [2.24, 2.45) is 5.92 Å². The van der Waals surface area contributed by atoms with Crippen molar-refractivity contribution in [2.75, 3.05) is 13.2 Å². The molecule has 0 aliphatic carbocycles. The summed E-state index contributed by atoms with van der Waals surface area (Å²) >= 11 is 0. The minimum atomic E-state index is -0.452. The van der Waals surface area contributed by atoms with E-state index < -0.39 is 6.61 Å². The first-order valence-corrected chi connectivity index (χ1v) is 5.00. The summed E-state index contributed by atoms with van der Waals surface area (Å²) in [6.07, 6.45) is 0. The van der Waals surface area contributed by atoms with Gasteiger partial charge in [-0.1, -0.05) is 13.8 Å². The molecule has 0 atom stereocenters. The molecule has 0 radical (unpaired) electrons. The van der Waals surface area contributed by atoms with Crippen LogP contribution in [0.15, 0.2) is 24.3 Å². The predicted octanol–water partition coefficient (Wildman–Crippen LogP) is 1.90. The summed E-state index contributed by atoms with van der Waals surface area (Å²) in [6, 6.07) is 6.80. The van der Waals surface area contributed by atoms with Gasteiger partial charge in [-0.3, -0.25) is 4.79 Å². The lowest BCUT2D eigenvalue weighted by Crippen LogP contribution is -2.06. The Bertz CT molecular complexity index is 314. The van der Waals surface area contributed by atoms with Crippen LogP contribution in [-0.4, -0.2) is 24.1 Å². The van der Waals surface area contributed by atoms with Gasteiger partial charge in [0.25, 0.3) is 0 Å². The quantitative estimate of drug-likeness (QED) is 0.752. The van der Waals surface area contributed by atoms with E-state index in [1.165, 1.54) is 0 Å². The molecule has 3 heteroatoms. The zero-order valence-corrected chi connectivity index (χ0v) is 9.06. The highest BCUT2D eigenvalue weighted by molar-refractivity contribution is 5.96. The fraction of sp³-hybridized carbons (Fsp3) is 0.417. The maximum atomic E-state index is 11.1. The molecule has 0 fully saturated rings. The van der Waals surface area contributed by atoms with Gasteiger partial charge < -0.3 is 9.84 Å². The van der Waals surface area contributed by atoms with Crippen molar-refractivity contribution >= 4 is 5.78 Å². The van der Waals surface area contributed by atoms with E-state index in [1.54, 1.807) is 24.3 Å². The molecule has 1 aromatic carbocycles. The topological polar surface area (TPSA) is 46.5 Å². The largest absolute Gasteiger partial charge is 0.493 e. The third kappa shape index (κ3) is 3.72. The van der Waals surface area contributed by atoms with Crippen LogP contribution in [0.5, 0.6) is 5.75 Å². The van der Waals surface area contributed by atoms with Crippen molar-refractivity contribution in [3.8, 4) is 5.75 Å². The van der Waals surface area contributed by atoms with E-state index >= 15 is 0 Å². The van der Waals surface area contributed by atoms with Crippen LogP contribution in [0.25, 0.3) is 0 Å². The molecule has 82 valence electrons. The Balaban J connectivity index is 2.60. The lowest BCUT2D eigenvalue weighted by Gasteiger charge is -2.08. The highest BCUT2D eigenvalue weighted by atomic mass is 16.5. The van der Waals surface area contributed by atoms with Crippen molar-refractivity contribution in [2.45, 2.75) is 13.8 Å². The summed E-state index contributed by atoms with van der Waals surface area (Å²) in [6.45, 7) is 4.35. The summed E-state index contributed by atoms with van der Waals surface area (Å²) in [5, 5.41) is 8.65. The molecule has 0 saturated heterocycles. The Kier molecular flexibility index (Phi) is 4.31. The van der Waals surface area contributed by atoms with Crippen LogP contribution in [0.3, 0.4) is 0 Å². The standard InChI is InChI=1S/C12H16O3/c1-9(2)8-15-11-5-3-10(4-6-11)12(14)7-13/h3-6,9,13H,7-8H2,1-2H3. The maximum absolute atomic E-state index is 11.1. The lowest BCUT2D eigenvalue weighted by atomic mass is 10.1. The third-order valence-corrected chi connectivity index (χ3v) is 1.90. The van der Waals surface area contributed by atoms with E-state index in [0.717, 1.165) is 5.75 Å². The van der Waals surface area contributed by atoms with E-state index in [4.69, 9.17) is 9.84 Å². The van der Waals surface area contributed by atoms with Crippen molar-refractivity contribution in [3.05, 3.63) is 29.8 Å². The molecule has 0 spiro atoms. The fourth-order valence-electron chi connectivity index (χ4n) is 1.09. The molecule has 0 unspecified atom stereocenters. The number of benzene rings is 1. The van der Waals surface area contributed by atoms with E-state index in [-0.39, 0.29) is 5.78 Å². The summed E-state index contributed by atoms with van der Waals surface area (Å²) in [5.41, 5.74) is 0.509. The second kappa shape index (κ2) is 5.51. The van der Waals surface area contributed by atoms with Gasteiger partial charge in [-0.2, -0.15) is 0 Å². The van der Waals surface area contributed by atoms with Gasteiger partial charge in [0.1, 0.15) is 12.4 Å². The number of carbonyl (C=O) groups excluding carboxylic acids is 1. The fourth-order valence-corrected chi connectivity index (χ4v) is 1.09. The Morgan fingerprint density at radius 1 is 1.33 bits per heavy atom. The van der Waals surface area contributed by atoms with Gasteiger partial charge >= 0.3 is 0 Å². The number of rotatable bonds is 5. The molecule has 0 amide bonds. The minimum Gasteiger partial charge on any atom is -0.493 e. The van der Waals surface area contributed by atoms with E-state index in [0.29, 0.717) is 18.1 Å². The molecule has 0 heterocycles. The van der Waals surface area contributed by atoms with Crippen molar-refractivity contribution in [1.82, 2.24) is 0 Å². The maximum Gasteiger partial charge on any atom is 0.188 e. The molecule has 0 saturated carbocycles. The minimum absolute atomic E-state index is 0.273. The second-order valence-corrected chi connectivity index (χ2v) is 3.81. The van der Waals surface area contributed by atoms with Gasteiger partial charge in [-0.25, -0.2) is 0 Å². The Hall–Kier alpha value is -1.35. The van der Waals surface area contributed by atoms with E-state index in [9.17, 15) is 4.79 Å². The summed E-state index contributed by atoms with van der Waals surface area (Å²) in [5.74, 6) is 0.951. The Morgan fingerprint density at radius 2 is 1.93 bits per heavy atom. The first-order valence-electron chi connectivity index (χ1n) is 5.00. The first kappa shape index (κ1) is 11.7. The Labute approximate surface area is 89.7 Å². The zero-order chi connectivity index (χ0) is 11.3. The van der Waals surface area contributed by atoms with Crippen molar-refractivity contribution in [3.63, 3.8) is 0 Å². The second-order valence-electron chi connectivity index (χ2n) is 3.81. The number of hydrogen-bond donors (Lipinski definition) is 1. The molecule has 0 bridgehead atoms. The van der Waals surface area contributed by atoms with Crippen LogP contribution in [-0.2, 0) is 0 Å². The van der Waals surface area contributed by atoms with Gasteiger partial charge in [-0.15, -0.1) is 0 Å². The van der Waals surface area contributed by atoms with Gasteiger partial charge in [0.2, 0.25) is 0 Å². The van der Waals surface area contributed by atoms with E-state index in [1.807, 2.05) is 0 Å². The average Bonchev–Trinajstić information content (AvgIpc) is 2.26. The highest BCUT2D eigenvalue weighted by Gasteiger charge is 2.03. The number of carbonyl (C=O) groups is 1. The van der Waals surface area contributed by atoms with Crippen molar-refractivity contribution < 1.29 is 14.6 Å². The summed E-state index contributed by atoms with van der Waals surface area (Å²) in [7, 11) is 0. The van der Waals surface area contributed by atoms with Gasteiger partial charge in [0.15, 0.2) is 5.78 Å². The van der Waals surface area contributed by atoms with Crippen LogP contribution in [0.2, 0.25) is 0 Å². The van der Waals surface area contributed by atoms with E-state index in [2.05, 4.69) is 13.8 Å². The molecule has 3 nitrogen and oxygen atoms in total. The van der Waals surface area contributed by atoms with Crippen LogP contribution in [0, 0.1) is 5.92 Å². The van der Waals surface area contributed by atoms with Crippen LogP contribution in [0.1, 0.15) is 24.2 Å². The van der Waals surface area contributed by atoms with Crippen LogP contribution >= 0.6 is 0 Å². The van der Waals surface area contributed by atoms with Gasteiger partial charge in [0, 0.05) is 5.56 Å². The predicted molar refractivity (Wildman–Crippen MR) is 58.2 cm³/mol. The highest BCUT2D eigenvalue weighted by Crippen LogP contribution is 2.13. The SMILES string of the molecule is CC(C)COc1ccc(C(=O)CO)cc1. The molecule has 1 aromatic rings. The third-order valence-electron chi connectivity index (χ3n) is 1.90. The van der Waals surface area contributed by atoms with Crippen molar-refractivity contribution in [1.29, 1.82) is 0 Å². The monoisotopic (exact) mass is 208 g/mol. The van der Waals surface area contributed by atoms with Crippen LogP contribution in [0.4, 0.5) is 0 Å². The molecule has 15 heavy (non-hydrogen) atoms. The molecule has 0 aromatic heterocycles. The summed E-state index contributed by atoms with van der Waals surface area (Å²) < 4.78 is 5.46. The number of hydrogen-bond acceptors (Lipinski definition) is 3. The number of Topliss-reactive ketones (excluding diaryl/α,β-unsaturated/α-hetero) is 1. The average molecular weight is 208 g/mol. The molecule has 1 N–H and O–H groups in total. The zero-order valence-electron chi connectivity index (χ0n) is 9.06. The number of aliphatic hydroxyl groups is 1. The number of ether oxygens (including phenoxy) is 1. The molecule has 0 aliphatic heterocycles. The molecule has 0 aliphatic rings. The number of aliphatic hydroxyl groups excluding tert-OH is 1. The lowest BCUT2D eigenvalue weighted by molar-refractivity contribution is 0.0903. The molecular weight excluding hydrogens is 192 g/mol. The number of ketones is 1. The smallest absolute Gasteiger partial charge is 0.188 e.